The highest BCUT2D eigenvalue weighted by atomic mass is 127. The van der Waals surface area contributed by atoms with E-state index in [2.05, 4.69) is 79.0 Å². The SMILES string of the molecule is CCCNC(Cc1ccc(CC)s1)c1cccc(C)c1I. The zero-order chi connectivity index (χ0) is 15.2. The molecule has 1 nitrogen and oxygen atoms in total. The van der Waals surface area contributed by atoms with E-state index in [4.69, 9.17) is 0 Å². The molecule has 1 aromatic heterocycles. The minimum absolute atomic E-state index is 0.417. The van der Waals surface area contributed by atoms with Gasteiger partial charge in [0.25, 0.3) is 0 Å². The highest BCUT2D eigenvalue weighted by Crippen LogP contribution is 2.28. The summed E-state index contributed by atoms with van der Waals surface area (Å²) in [6.07, 6.45) is 3.40. The van der Waals surface area contributed by atoms with Gasteiger partial charge in [0.2, 0.25) is 0 Å². The second-order valence-corrected chi connectivity index (χ2v) is 7.74. The van der Waals surface area contributed by atoms with Crippen LogP contribution in [0.3, 0.4) is 0 Å². The Morgan fingerprint density at radius 2 is 1.90 bits per heavy atom. The molecule has 21 heavy (non-hydrogen) atoms. The molecule has 3 heteroatoms. The Morgan fingerprint density at radius 3 is 2.57 bits per heavy atom. The Balaban J connectivity index is 2.23. The number of hydrogen-bond donors (Lipinski definition) is 1. The Bertz CT molecular complexity index is 576. The normalized spacial score (nSPS) is 12.6. The van der Waals surface area contributed by atoms with Crippen molar-refractivity contribution in [2.75, 3.05) is 6.54 Å². The van der Waals surface area contributed by atoms with Crippen molar-refractivity contribution in [1.82, 2.24) is 5.32 Å². The standard InChI is InChI=1S/C18H24INS/c1-4-11-20-17(12-15-10-9-14(5-2)21-15)16-8-6-7-13(3)18(16)19/h6-10,17,20H,4-5,11-12H2,1-3H3. The van der Waals surface area contributed by atoms with Crippen LogP contribution in [-0.2, 0) is 12.8 Å². The zero-order valence-corrected chi connectivity index (χ0v) is 16.1. The van der Waals surface area contributed by atoms with Gasteiger partial charge in [-0.3, -0.25) is 0 Å². The summed E-state index contributed by atoms with van der Waals surface area (Å²) in [6.45, 7) is 7.72. The van der Waals surface area contributed by atoms with Crippen LogP contribution >= 0.6 is 33.9 Å². The number of benzene rings is 1. The summed E-state index contributed by atoms with van der Waals surface area (Å²) in [5.74, 6) is 0. The first-order valence-corrected chi connectivity index (χ1v) is 9.61. The minimum atomic E-state index is 0.417. The molecule has 1 aromatic carbocycles. The molecule has 1 heterocycles. The van der Waals surface area contributed by atoms with Gasteiger partial charge in [0.15, 0.2) is 0 Å². The molecule has 0 aliphatic heterocycles. The predicted octanol–water partition coefficient (Wildman–Crippen LogP) is 5.51. The lowest BCUT2D eigenvalue weighted by Crippen LogP contribution is -2.24. The molecule has 0 aliphatic carbocycles. The first kappa shape index (κ1) is 17.0. The molecule has 0 bridgehead atoms. The molecule has 0 aliphatic rings. The van der Waals surface area contributed by atoms with Crippen LogP contribution in [0.4, 0.5) is 0 Å². The summed E-state index contributed by atoms with van der Waals surface area (Å²) in [6, 6.07) is 11.6. The van der Waals surface area contributed by atoms with Crippen molar-refractivity contribution < 1.29 is 0 Å². The third-order valence-electron chi connectivity index (χ3n) is 3.71. The van der Waals surface area contributed by atoms with E-state index >= 15 is 0 Å². The molecule has 1 N–H and O–H groups in total. The zero-order valence-electron chi connectivity index (χ0n) is 13.1. The lowest BCUT2D eigenvalue weighted by atomic mass is 10.0. The molecule has 114 valence electrons. The minimum Gasteiger partial charge on any atom is -0.310 e. The molecule has 0 fully saturated rings. The Morgan fingerprint density at radius 1 is 1.14 bits per heavy atom. The van der Waals surface area contributed by atoms with Crippen LogP contribution in [-0.4, -0.2) is 6.54 Å². The summed E-state index contributed by atoms with van der Waals surface area (Å²) >= 11 is 4.45. The predicted molar refractivity (Wildman–Crippen MR) is 102 cm³/mol. The van der Waals surface area contributed by atoms with Gasteiger partial charge < -0.3 is 5.32 Å². The van der Waals surface area contributed by atoms with Gasteiger partial charge in [-0.2, -0.15) is 0 Å². The number of rotatable bonds is 7. The van der Waals surface area contributed by atoms with Gasteiger partial charge in [-0.1, -0.05) is 32.0 Å². The van der Waals surface area contributed by atoms with E-state index in [1.54, 1.807) is 0 Å². The van der Waals surface area contributed by atoms with Crippen LogP contribution in [0, 0.1) is 10.5 Å². The fourth-order valence-electron chi connectivity index (χ4n) is 2.47. The maximum Gasteiger partial charge on any atom is 0.0379 e. The molecule has 0 amide bonds. The number of thiophene rings is 1. The molecule has 1 unspecified atom stereocenters. The van der Waals surface area contributed by atoms with E-state index < -0.39 is 0 Å². The van der Waals surface area contributed by atoms with E-state index in [-0.39, 0.29) is 0 Å². The van der Waals surface area contributed by atoms with E-state index in [9.17, 15) is 0 Å². The van der Waals surface area contributed by atoms with Gasteiger partial charge >= 0.3 is 0 Å². The monoisotopic (exact) mass is 413 g/mol. The maximum atomic E-state index is 3.73. The van der Waals surface area contributed by atoms with Gasteiger partial charge in [0.05, 0.1) is 0 Å². The van der Waals surface area contributed by atoms with Crippen LogP contribution < -0.4 is 5.32 Å². The third-order valence-corrected chi connectivity index (χ3v) is 6.43. The van der Waals surface area contributed by atoms with Crippen molar-refractivity contribution in [2.45, 2.75) is 46.1 Å². The van der Waals surface area contributed by atoms with Crippen LogP contribution in [0.15, 0.2) is 30.3 Å². The molecule has 0 saturated carbocycles. The van der Waals surface area contributed by atoms with Crippen molar-refractivity contribution >= 4 is 33.9 Å². The molecule has 2 aromatic rings. The maximum absolute atomic E-state index is 3.73. The Kier molecular flexibility index (Phi) is 6.71. The number of hydrogen-bond acceptors (Lipinski definition) is 2. The van der Waals surface area contributed by atoms with Gasteiger partial charge in [-0.25, -0.2) is 0 Å². The van der Waals surface area contributed by atoms with Crippen molar-refractivity contribution in [2.24, 2.45) is 0 Å². The molecule has 2 rings (SSSR count). The molecular weight excluding hydrogens is 389 g/mol. The second kappa shape index (κ2) is 8.30. The average Bonchev–Trinajstić information content (AvgIpc) is 2.94. The summed E-state index contributed by atoms with van der Waals surface area (Å²) in [5, 5.41) is 3.73. The second-order valence-electron chi connectivity index (χ2n) is 5.41. The van der Waals surface area contributed by atoms with Crippen LogP contribution in [0.2, 0.25) is 0 Å². The molecular formula is C18H24INS. The van der Waals surface area contributed by atoms with Crippen molar-refractivity contribution in [3.05, 3.63) is 54.8 Å². The Labute approximate surface area is 146 Å². The van der Waals surface area contributed by atoms with E-state index in [1.807, 2.05) is 11.3 Å². The van der Waals surface area contributed by atoms with E-state index in [0.717, 1.165) is 19.4 Å². The van der Waals surface area contributed by atoms with Gasteiger partial charge in [0.1, 0.15) is 0 Å². The molecule has 1 atom stereocenters. The summed E-state index contributed by atoms with van der Waals surface area (Å²) in [5.41, 5.74) is 2.81. The number of nitrogens with one attached hydrogen (secondary N) is 1. The average molecular weight is 413 g/mol. The fourth-order valence-corrected chi connectivity index (χ4v) is 4.21. The van der Waals surface area contributed by atoms with Crippen LogP contribution in [0.25, 0.3) is 0 Å². The smallest absolute Gasteiger partial charge is 0.0379 e. The highest BCUT2D eigenvalue weighted by molar-refractivity contribution is 14.1. The quantitative estimate of drug-likeness (QED) is 0.591. The molecule has 0 radical (unpaired) electrons. The number of halogens is 1. The first-order chi connectivity index (χ1) is 10.2. The fraction of sp³-hybridized carbons (Fsp3) is 0.444. The largest absolute Gasteiger partial charge is 0.310 e. The lowest BCUT2D eigenvalue weighted by Gasteiger charge is -2.20. The van der Waals surface area contributed by atoms with E-state index in [0.29, 0.717) is 6.04 Å². The summed E-state index contributed by atoms with van der Waals surface area (Å²) in [7, 11) is 0. The number of aryl methyl sites for hydroxylation is 2. The van der Waals surface area contributed by atoms with Crippen LogP contribution in [0.5, 0.6) is 0 Å². The molecule has 0 spiro atoms. The lowest BCUT2D eigenvalue weighted by molar-refractivity contribution is 0.530. The summed E-state index contributed by atoms with van der Waals surface area (Å²) in [4.78, 5) is 2.97. The van der Waals surface area contributed by atoms with Gasteiger partial charge in [-0.05, 0) is 72.2 Å². The van der Waals surface area contributed by atoms with Crippen molar-refractivity contribution in [3.63, 3.8) is 0 Å². The van der Waals surface area contributed by atoms with Crippen molar-refractivity contribution in [1.29, 1.82) is 0 Å². The molecule has 0 saturated heterocycles. The van der Waals surface area contributed by atoms with Crippen molar-refractivity contribution in [3.8, 4) is 0 Å². The van der Waals surface area contributed by atoms with Gasteiger partial charge in [0, 0.05) is 25.8 Å². The van der Waals surface area contributed by atoms with E-state index in [1.165, 1.54) is 30.9 Å². The van der Waals surface area contributed by atoms with Gasteiger partial charge in [-0.15, -0.1) is 11.3 Å². The topological polar surface area (TPSA) is 12.0 Å². The summed E-state index contributed by atoms with van der Waals surface area (Å²) < 4.78 is 1.40. The highest BCUT2D eigenvalue weighted by Gasteiger charge is 2.16. The Hall–Kier alpha value is -0.390. The first-order valence-electron chi connectivity index (χ1n) is 7.71. The third kappa shape index (κ3) is 4.54. The van der Waals surface area contributed by atoms with Crippen LogP contribution in [0.1, 0.15) is 47.2 Å².